The molecule has 2 nitrogen and oxygen atoms in total. The van der Waals surface area contributed by atoms with Crippen LogP contribution in [-0.2, 0) is 20.4 Å². The van der Waals surface area contributed by atoms with E-state index in [0.717, 1.165) is 12.8 Å². The standard InChI is InChI=1S/C11H19O2S/c1-14(2)10-7-13-9-6-4-3-5-8(9)11(10)12/h8-10H,3-7H2,1-2H3/q+1. The van der Waals surface area contributed by atoms with Gasteiger partial charge in [-0.05, 0) is 23.7 Å². The fraction of sp³-hybridized carbons (Fsp3) is 0.909. The molecule has 3 heteroatoms. The number of Topliss-reactive ketones (excluding diaryl/α,β-unsaturated/α-hetero) is 1. The summed E-state index contributed by atoms with van der Waals surface area (Å²) in [7, 11) is 0.178. The highest BCUT2D eigenvalue weighted by Crippen LogP contribution is 2.33. The lowest BCUT2D eigenvalue weighted by Gasteiger charge is -2.36. The lowest BCUT2D eigenvalue weighted by molar-refractivity contribution is -0.138. The Morgan fingerprint density at radius 1 is 1.29 bits per heavy atom. The van der Waals surface area contributed by atoms with Gasteiger partial charge in [0.25, 0.3) is 0 Å². The molecule has 0 radical (unpaired) electrons. The molecule has 0 aromatic carbocycles. The lowest BCUT2D eigenvalue weighted by Crippen LogP contribution is -2.49. The molecule has 2 aliphatic rings. The zero-order valence-electron chi connectivity index (χ0n) is 8.99. The molecule has 2 fully saturated rings. The van der Waals surface area contributed by atoms with Crippen LogP contribution in [0.15, 0.2) is 0 Å². The minimum absolute atomic E-state index is 0.178. The predicted octanol–water partition coefficient (Wildman–Crippen LogP) is 1.39. The minimum Gasteiger partial charge on any atom is -0.372 e. The van der Waals surface area contributed by atoms with Gasteiger partial charge in [0.1, 0.15) is 6.61 Å². The van der Waals surface area contributed by atoms with Gasteiger partial charge in [-0.2, -0.15) is 0 Å². The number of fused-ring (bicyclic) bond motifs is 1. The Morgan fingerprint density at radius 2 is 2.00 bits per heavy atom. The summed E-state index contributed by atoms with van der Waals surface area (Å²) in [5, 5.41) is 0.189. The Balaban J connectivity index is 2.07. The quantitative estimate of drug-likeness (QED) is 0.618. The molecule has 1 saturated heterocycles. The molecule has 1 aliphatic heterocycles. The number of carbonyl (C=O) groups is 1. The van der Waals surface area contributed by atoms with E-state index < -0.39 is 0 Å². The van der Waals surface area contributed by atoms with Crippen LogP contribution >= 0.6 is 0 Å². The van der Waals surface area contributed by atoms with Crippen molar-refractivity contribution in [2.24, 2.45) is 5.92 Å². The van der Waals surface area contributed by atoms with Crippen LogP contribution in [0, 0.1) is 5.92 Å². The molecule has 3 atom stereocenters. The highest BCUT2D eigenvalue weighted by molar-refractivity contribution is 7.96. The maximum absolute atomic E-state index is 12.1. The molecule has 3 unspecified atom stereocenters. The number of hydrogen-bond acceptors (Lipinski definition) is 2. The molecule has 2 rings (SSSR count). The van der Waals surface area contributed by atoms with E-state index in [2.05, 4.69) is 12.5 Å². The molecule has 0 bridgehead atoms. The van der Waals surface area contributed by atoms with Crippen molar-refractivity contribution in [2.75, 3.05) is 19.1 Å². The third-order valence-corrected chi connectivity index (χ3v) is 4.92. The first-order chi connectivity index (χ1) is 6.70. The van der Waals surface area contributed by atoms with Crippen LogP contribution in [0.2, 0.25) is 0 Å². The van der Waals surface area contributed by atoms with Crippen molar-refractivity contribution >= 4 is 16.7 Å². The van der Waals surface area contributed by atoms with Crippen LogP contribution in [0.1, 0.15) is 25.7 Å². The third-order valence-electron chi connectivity index (χ3n) is 3.42. The van der Waals surface area contributed by atoms with E-state index in [-0.39, 0.29) is 28.2 Å². The van der Waals surface area contributed by atoms with Crippen LogP contribution in [0.4, 0.5) is 0 Å². The molecule has 1 saturated carbocycles. The van der Waals surface area contributed by atoms with E-state index in [9.17, 15) is 4.79 Å². The van der Waals surface area contributed by atoms with E-state index in [1.54, 1.807) is 0 Å². The zero-order valence-corrected chi connectivity index (χ0v) is 9.81. The lowest BCUT2D eigenvalue weighted by atomic mass is 9.81. The second-order valence-electron chi connectivity index (χ2n) is 4.53. The minimum atomic E-state index is 0.178. The maximum atomic E-state index is 12.1. The van der Waals surface area contributed by atoms with Gasteiger partial charge in [-0.1, -0.05) is 12.8 Å². The molecular weight excluding hydrogens is 196 g/mol. The number of ether oxygens (including phenoxy) is 1. The SMILES string of the molecule is C[S+](C)C1COC2CCCCC2C1=O. The molecule has 0 aromatic rings. The second kappa shape index (κ2) is 4.23. The average Bonchev–Trinajstić information content (AvgIpc) is 2.18. The van der Waals surface area contributed by atoms with Gasteiger partial charge in [0.2, 0.25) is 0 Å². The largest absolute Gasteiger partial charge is 0.372 e. The summed E-state index contributed by atoms with van der Waals surface area (Å²) >= 11 is 0. The Kier molecular flexibility index (Phi) is 3.17. The molecule has 0 aromatic heterocycles. The first-order valence-electron chi connectivity index (χ1n) is 5.42. The molecule has 0 spiro atoms. The summed E-state index contributed by atoms with van der Waals surface area (Å²) in [5.74, 6) is 0.728. The van der Waals surface area contributed by atoms with Gasteiger partial charge < -0.3 is 4.74 Å². The topological polar surface area (TPSA) is 26.3 Å². The van der Waals surface area contributed by atoms with Gasteiger partial charge in [-0.3, -0.25) is 4.79 Å². The van der Waals surface area contributed by atoms with Crippen molar-refractivity contribution in [3.05, 3.63) is 0 Å². The Bertz CT molecular complexity index is 227. The fourth-order valence-electron chi connectivity index (χ4n) is 2.52. The normalized spacial score (nSPS) is 38.5. The first-order valence-corrected chi connectivity index (χ1v) is 7.52. The van der Waals surface area contributed by atoms with Gasteiger partial charge in [-0.25, -0.2) is 0 Å². The number of ketones is 1. The zero-order chi connectivity index (χ0) is 10.1. The summed E-state index contributed by atoms with van der Waals surface area (Å²) in [4.78, 5) is 12.1. The monoisotopic (exact) mass is 215 g/mol. The van der Waals surface area contributed by atoms with Crippen molar-refractivity contribution in [3.8, 4) is 0 Å². The van der Waals surface area contributed by atoms with Gasteiger partial charge in [0.15, 0.2) is 11.0 Å². The van der Waals surface area contributed by atoms with E-state index in [0.29, 0.717) is 12.4 Å². The van der Waals surface area contributed by atoms with Gasteiger partial charge >= 0.3 is 0 Å². The highest BCUT2D eigenvalue weighted by Gasteiger charge is 2.45. The molecule has 1 aliphatic carbocycles. The molecule has 80 valence electrons. The smallest absolute Gasteiger partial charge is 0.198 e. The van der Waals surface area contributed by atoms with Crippen molar-refractivity contribution in [3.63, 3.8) is 0 Å². The first kappa shape index (κ1) is 10.5. The highest BCUT2D eigenvalue weighted by atomic mass is 32.2. The molecule has 0 amide bonds. The predicted molar refractivity (Wildman–Crippen MR) is 59.7 cm³/mol. The van der Waals surface area contributed by atoms with Crippen LogP contribution < -0.4 is 0 Å². The molecular formula is C11H19O2S+. The van der Waals surface area contributed by atoms with Crippen molar-refractivity contribution < 1.29 is 9.53 Å². The summed E-state index contributed by atoms with van der Waals surface area (Å²) < 4.78 is 5.81. The Morgan fingerprint density at radius 3 is 2.71 bits per heavy atom. The van der Waals surface area contributed by atoms with Crippen molar-refractivity contribution in [1.29, 1.82) is 0 Å². The van der Waals surface area contributed by atoms with Gasteiger partial charge in [0.05, 0.1) is 18.6 Å². The Labute approximate surface area is 88.7 Å². The van der Waals surface area contributed by atoms with E-state index in [4.69, 9.17) is 4.74 Å². The third kappa shape index (κ3) is 1.84. The maximum Gasteiger partial charge on any atom is 0.198 e. The molecule has 1 heterocycles. The van der Waals surface area contributed by atoms with Crippen LogP contribution in [0.5, 0.6) is 0 Å². The summed E-state index contributed by atoms with van der Waals surface area (Å²) in [6.45, 7) is 0.677. The second-order valence-corrected chi connectivity index (χ2v) is 6.86. The summed E-state index contributed by atoms with van der Waals surface area (Å²) in [6.07, 6.45) is 9.18. The number of hydrogen-bond donors (Lipinski definition) is 0. The van der Waals surface area contributed by atoms with E-state index >= 15 is 0 Å². The van der Waals surface area contributed by atoms with Gasteiger partial charge in [-0.15, -0.1) is 0 Å². The fourth-order valence-corrected chi connectivity index (χ4v) is 3.51. The van der Waals surface area contributed by atoms with Crippen LogP contribution in [0.3, 0.4) is 0 Å². The Hall–Kier alpha value is -0.0200. The molecule has 0 N–H and O–H groups in total. The molecule has 14 heavy (non-hydrogen) atoms. The number of rotatable bonds is 1. The van der Waals surface area contributed by atoms with Crippen LogP contribution in [-0.4, -0.2) is 36.3 Å². The summed E-state index contributed by atoms with van der Waals surface area (Å²) in [5.41, 5.74) is 0. The average molecular weight is 215 g/mol. The van der Waals surface area contributed by atoms with Crippen molar-refractivity contribution in [1.82, 2.24) is 0 Å². The van der Waals surface area contributed by atoms with E-state index in [1.807, 2.05) is 0 Å². The van der Waals surface area contributed by atoms with Gasteiger partial charge in [0, 0.05) is 5.92 Å². The summed E-state index contributed by atoms with van der Waals surface area (Å²) in [6, 6.07) is 0. The number of carbonyl (C=O) groups excluding carboxylic acids is 1. The van der Waals surface area contributed by atoms with Crippen LogP contribution in [0.25, 0.3) is 0 Å². The van der Waals surface area contributed by atoms with Crippen molar-refractivity contribution in [2.45, 2.75) is 37.0 Å². The van der Waals surface area contributed by atoms with E-state index in [1.165, 1.54) is 12.8 Å².